The van der Waals surface area contributed by atoms with E-state index >= 15 is 0 Å². The second-order valence-corrected chi connectivity index (χ2v) is 6.85. The average Bonchev–Trinajstić information content (AvgIpc) is 3.08. The molecule has 0 aromatic carbocycles. The van der Waals surface area contributed by atoms with Crippen LogP contribution >= 0.6 is 36.2 Å². The molecule has 0 spiro atoms. The number of hydrogen-bond donors (Lipinski definition) is 2. The second kappa shape index (κ2) is 9.27. The number of amides is 1. The van der Waals surface area contributed by atoms with Crippen molar-refractivity contribution >= 4 is 42.1 Å². The number of rotatable bonds is 6. The summed E-state index contributed by atoms with van der Waals surface area (Å²) in [5, 5.41) is 3.72. The van der Waals surface area contributed by atoms with Crippen molar-refractivity contribution in [2.24, 2.45) is 11.7 Å². The molecule has 130 valence electrons. The van der Waals surface area contributed by atoms with Gasteiger partial charge in [0.05, 0.1) is 18.0 Å². The minimum atomic E-state index is -0.403. The Kier molecular flexibility index (Phi) is 8.84. The summed E-state index contributed by atoms with van der Waals surface area (Å²) in [5.41, 5.74) is 5.42. The van der Waals surface area contributed by atoms with Crippen LogP contribution in [0.15, 0.2) is 29.0 Å². The Hall–Kier alpha value is -1.08. The fraction of sp³-hybridized carbons (Fsp3) is 0.467. The Balaban J connectivity index is 0.00000242. The second-order valence-electron chi connectivity index (χ2n) is 5.82. The van der Waals surface area contributed by atoms with Crippen LogP contribution in [0.5, 0.6) is 0 Å². The third-order valence-electron chi connectivity index (χ3n) is 3.19. The molecule has 0 aliphatic rings. The number of carbonyl (C=O) groups excluding carboxylic acids is 1. The molecule has 0 bridgehead atoms. The van der Waals surface area contributed by atoms with Gasteiger partial charge in [-0.05, 0) is 31.4 Å². The van der Waals surface area contributed by atoms with Gasteiger partial charge in [0, 0.05) is 6.54 Å². The first-order valence-corrected chi connectivity index (χ1v) is 7.77. The number of nitrogens with two attached hydrogens (primary N) is 1. The van der Waals surface area contributed by atoms with E-state index in [2.05, 4.69) is 24.1 Å². The third-order valence-corrected chi connectivity index (χ3v) is 4.20. The van der Waals surface area contributed by atoms with E-state index in [1.165, 1.54) is 11.3 Å². The van der Waals surface area contributed by atoms with Gasteiger partial charge in [-0.1, -0.05) is 13.8 Å². The van der Waals surface area contributed by atoms with Crippen molar-refractivity contribution in [1.29, 1.82) is 0 Å². The molecule has 0 aliphatic heterocycles. The Morgan fingerprint density at radius 3 is 2.70 bits per heavy atom. The molecule has 2 heterocycles. The highest BCUT2D eigenvalue weighted by atomic mass is 35.5. The maximum absolute atomic E-state index is 12.4. The summed E-state index contributed by atoms with van der Waals surface area (Å²) in [6.07, 6.45) is 3.99. The van der Waals surface area contributed by atoms with Crippen molar-refractivity contribution in [3.8, 4) is 10.8 Å². The lowest BCUT2D eigenvalue weighted by Crippen LogP contribution is -2.52. The van der Waals surface area contributed by atoms with E-state index in [-0.39, 0.29) is 30.7 Å². The van der Waals surface area contributed by atoms with Crippen LogP contribution in [0.3, 0.4) is 0 Å². The van der Waals surface area contributed by atoms with E-state index < -0.39 is 5.54 Å². The van der Waals surface area contributed by atoms with Gasteiger partial charge in [-0.15, -0.1) is 36.2 Å². The van der Waals surface area contributed by atoms with Gasteiger partial charge < -0.3 is 15.5 Å². The van der Waals surface area contributed by atoms with Crippen molar-refractivity contribution < 1.29 is 9.21 Å². The molecule has 0 aliphatic carbocycles. The normalized spacial score (nSPS) is 12.9. The molecule has 1 amide bonds. The van der Waals surface area contributed by atoms with E-state index in [0.717, 1.165) is 6.42 Å². The highest BCUT2D eigenvalue weighted by Gasteiger charge is 2.27. The maximum atomic E-state index is 12.4. The van der Waals surface area contributed by atoms with Gasteiger partial charge in [0.1, 0.15) is 4.88 Å². The molecular weight excluding hydrogens is 357 g/mol. The van der Waals surface area contributed by atoms with E-state index in [1.807, 2.05) is 13.0 Å². The quantitative estimate of drug-likeness (QED) is 0.800. The molecule has 2 aromatic heterocycles. The highest BCUT2D eigenvalue weighted by molar-refractivity contribution is 7.16. The van der Waals surface area contributed by atoms with Gasteiger partial charge in [0.25, 0.3) is 5.91 Å². The van der Waals surface area contributed by atoms with Crippen molar-refractivity contribution in [1.82, 2.24) is 10.3 Å². The smallest absolute Gasteiger partial charge is 0.263 e. The fourth-order valence-corrected chi connectivity index (χ4v) is 3.09. The Bertz CT molecular complexity index is 602. The fourth-order valence-electron chi connectivity index (χ4n) is 2.32. The molecule has 0 radical (unpaired) electrons. The van der Waals surface area contributed by atoms with Crippen LogP contribution in [0.2, 0.25) is 0 Å². The first-order valence-electron chi connectivity index (χ1n) is 6.96. The molecule has 2 rings (SSSR count). The van der Waals surface area contributed by atoms with Crippen molar-refractivity contribution in [2.75, 3.05) is 6.54 Å². The number of halogens is 2. The molecule has 0 saturated heterocycles. The summed E-state index contributed by atoms with van der Waals surface area (Å²) in [7, 11) is 0. The van der Waals surface area contributed by atoms with Crippen LogP contribution in [0.25, 0.3) is 10.8 Å². The minimum absolute atomic E-state index is 0. The molecule has 2 aromatic rings. The number of thiazole rings is 1. The van der Waals surface area contributed by atoms with Gasteiger partial charge >= 0.3 is 0 Å². The van der Waals surface area contributed by atoms with Crippen LogP contribution in [-0.4, -0.2) is 23.0 Å². The largest absolute Gasteiger partial charge is 0.462 e. The third kappa shape index (κ3) is 5.80. The number of furan rings is 1. The average molecular weight is 380 g/mol. The molecule has 0 saturated carbocycles. The van der Waals surface area contributed by atoms with Crippen molar-refractivity contribution in [2.45, 2.75) is 32.7 Å². The Labute approximate surface area is 152 Å². The monoisotopic (exact) mass is 379 g/mol. The minimum Gasteiger partial charge on any atom is -0.462 e. The van der Waals surface area contributed by atoms with Crippen LogP contribution in [0.1, 0.15) is 36.9 Å². The van der Waals surface area contributed by atoms with E-state index in [1.54, 1.807) is 18.5 Å². The van der Waals surface area contributed by atoms with Gasteiger partial charge in [-0.25, -0.2) is 4.98 Å². The zero-order valence-corrected chi connectivity index (χ0v) is 15.8. The standard InChI is InChI=1S/C15H21N3O2S.2ClH/c1-10(2)7-15(3,9-16)18-13(19)12-8-17-14(21-12)11-5-4-6-20-11;;/h4-6,8,10H,7,9,16H2,1-3H3,(H,18,19);2*1H. The number of nitrogens with zero attached hydrogens (tertiary/aromatic N) is 1. The van der Waals surface area contributed by atoms with Gasteiger partial charge in [0.2, 0.25) is 0 Å². The SMILES string of the molecule is CC(C)CC(C)(CN)NC(=O)c1cnc(-c2ccco2)s1.Cl.Cl. The molecule has 3 N–H and O–H groups in total. The van der Waals surface area contributed by atoms with Gasteiger partial charge in [-0.2, -0.15) is 0 Å². The summed E-state index contributed by atoms with van der Waals surface area (Å²) in [6.45, 7) is 6.60. The Morgan fingerprint density at radius 1 is 1.48 bits per heavy atom. The van der Waals surface area contributed by atoms with Crippen LogP contribution in [-0.2, 0) is 0 Å². The van der Waals surface area contributed by atoms with Crippen molar-refractivity contribution in [3.63, 3.8) is 0 Å². The first kappa shape index (κ1) is 21.9. The van der Waals surface area contributed by atoms with E-state index in [0.29, 0.717) is 28.1 Å². The predicted molar refractivity (Wildman–Crippen MR) is 98.7 cm³/mol. The van der Waals surface area contributed by atoms with Crippen LogP contribution < -0.4 is 11.1 Å². The van der Waals surface area contributed by atoms with Gasteiger partial charge in [-0.3, -0.25) is 4.79 Å². The lowest BCUT2D eigenvalue weighted by molar-refractivity contribution is 0.0902. The number of hydrogen-bond acceptors (Lipinski definition) is 5. The van der Waals surface area contributed by atoms with Crippen LogP contribution in [0, 0.1) is 5.92 Å². The summed E-state index contributed by atoms with van der Waals surface area (Å²) in [6, 6.07) is 3.62. The summed E-state index contributed by atoms with van der Waals surface area (Å²) < 4.78 is 5.28. The zero-order valence-electron chi connectivity index (χ0n) is 13.4. The first-order chi connectivity index (χ1) is 9.93. The molecule has 23 heavy (non-hydrogen) atoms. The summed E-state index contributed by atoms with van der Waals surface area (Å²) in [4.78, 5) is 17.1. The number of carbonyl (C=O) groups is 1. The Morgan fingerprint density at radius 2 is 2.17 bits per heavy atom. The molecule has 1 unspecified atom stereocenters. The molecule has 0 fully saturated rings. The molecule has 8 heteroatoms. The van der Waals surface area contributed by atoms with Crippen LogP contribution in [0.4, 0.5) is 0 Å². The topological polar surface area (TPSA) is 81.1 Å². The molecule has 1 atom stereocenters. The summed E-state index contributed by atoms with van der Waals surface area (Å²) >= 11 is 1.31. The van der Waals surface area contributed by atoms with Crippen molar-refractivity contribution in [3.05, 3.63) is 29.5 Å². The predicted octanol–water partition coefficient (Wildman–Crippen LogP) is 3.74. The summed E-state index contributed by atoms with van der Waals surface area (Å²) in [5.74, 6) is 0.987. The molecule has 5 nitrogen and oxygen atoms in total. The van der Waals surface area contributed by atoms with E-state index in [9.17, 15) is 4.79 Å². The maximum Gasteiger partial charge on any atom is 0.263 e. The molecular formula is C15H23Cl2N3O2S. The number of aromatic nitrogens is 1. The number of nitrogens with one attached hydrogen (secondary N) is 1. The highest BCUT2D eigenvalue weighted by Crippen LogP contribution is 2.26. The lowest BCUT2D eigenvalue weighted by Gasteiger charge is -2.30. The lowest BCUT2D eigenvalue weighted by atomic mass is 9.90. The van der Waals surface area contributed by atoms with E-state index in [4.69, 9.17) is 10.2 Å². The van der Waals surface area contributed by atoms with Gasteiger partial charge in [0.15, 0.2) is 10.8 Å². The zero-order chi connectivity index (χ0) is 15.5.